The van der Waals surface area contributed by atoms with Crippen molar-refractivity contribution in [2.45, 2.75) is 0 Å². The monoisotopic (exact) mass is 342 g/mol. The van der Waals surface area contributed by atoms with Crippen LogP contribution in [0, 0.1) is 5.82 Å². The van der Waals surface area contributed by atoms with Crippen LogP contribution >= 0.6 is 27.3 Å². The molecule has 0 N–H and O–H groups in total. The van der Waals surface area contributed by atoms with E-state index < -0.39 is 5.82 Å². The van der Waals surface area contributed by atoms with Crippen molar-refractivity contribution in [1.29, 1.82) is 0 Å². The van der Waals surface area contributed by atoms with Gasteiger partial charge < -0.3 is 4.74 Å². The maximum absolute atomic E-state index is 13.5. The highest BCUT2D eigenvalue weighted by atomic mass is 79.9. The van der Waals surface area contributed by atoms with Crippen molar-refractivity contribution in [3.63, 3.8) is 0 Å². The summed E-state index contributed by atoms with van der Waals surface area (Å²) in [5, 5.41) is 0. The van der Waals surface area contributed by atoms with Crippen LogP contribution in [0.15, 0.2) is 34.1 Å². The molecule has 1 aromatic heterocycles. The van der Waals surface area contributed by atoms with Crippen LogP contribution in [0.5, 0.6) is 5.75 Å². The van der Waals surface area contributed by atoms with Gasteiger partial charge in [-0.25, -0.2) is 4.39 Å². The number of ketones is 1. The molecule has 0 unspecified atom stereocenters. The Balaban J connectivity index is 2.02. The Morgan fingerprint density at radius 3 is 2.74 bits per heavy atom. The van der Waals surface area contributed by atoms with Gasteiger partial charge in [-0.2, -0.15) is 0 Å². The lowest BCUT2D eigenvalue weighted by atomic mass is 10.2. The highest BCUT2D eigenvalue weighted by Gasteiger charge is 2.11. The van der Waals surface area contributed by atoms with E-state index in [1.807, 2.05) is 0 Å². The molecule has 2 rings (SSSR count). The van der Waals surface area contributed by atoms with Crippen LogP contribution < -0.4 is 4.74 Å². The Morgan fingerprint density at radius 1 is 1.37 bits per heavy atom. The summed E-state index contributed by atoms with van der Waals surface area (Å²) >= 11 is 4.54. The van der Waals surface area contributed by atoms with Gasteiger partial charge in [0, 0.05) is 5.56 Å². The van der Waals surface area contributed by atoms with E-state index in [0.29, 0.717) is 11.2 Å². The fourth-order valence-corrected chi connectivity index (χ4v) is 2.70. The molecule has 19 heavy (non-hydrogen) atoms. The number of thiophene rings is 1. The molecule has 0 aliphatic heterocycles. The first-order chi connectivity index (χ1) is 9.10. The number of ether oxygens (including phenoxy) is 1. The lowest BCUT2D eigenvalue weighted by Gasteiger charge is -2.05. The SMILES string of the molecule is O=Cc1ccc(OCC(=O)c2ccc(Br)s2)c(F)c1. The molecule has 1 heterocycles. The topological polar surface area (TPSA) is 43.4 Å². The number of aldehydes is 1. The first-order valence-electron chi connectivity index (χ1n) is 5.26. The molecule has 0 bridgehead atoms. The summed E-state index contributed by atoms with van der Waals surface area (Å²) in [4.78, 5) is 22.7. The molecule has 2 aromatic rings. The fraction of sp³-hybridized carbons (Fsp3) is 0.0769. The normalized spacial score (nSPS) is 10.2. The minimum Gasteiger partial charge on any atom is -0.482 e. The van der Waals surface area contributed by atoms with Crippen LogP contribution in [-0.4, -0.2) is 18.7 Å². The quantitative estimate of drug-likeness (QED) is 0.614. The molecule has 6 heteroatoms. The zero-order valence-electron chi connectivity index (χ0n) is 9.56. The molecule has 0 aliphatic carbocycles. The van der Waals surface area contributed by atoms with Crippen molar-refractivity contribution >= 4 is 39.3 Å². The second-order valence-electron chi connectivity index (χ2n) is 3.62. The Morgan fingerprint density at radius 2 is 2.16 bits per heavy atom. The molecule has 0 spiro atoms. The summed E-state index contributed by atoms with van der Waals surface area (Å²) in [6.45, 7) is -0.246. The van der Waals surface area contributed by atoms with Crippen molar-refractivity contribution in [3.8, 4) is 5.75 Å². The smallest absolute Gasteiger partial charge is 0.210 e. The number of rotatable bonds is 5. The molecule has 3 nitrogen and oxygen atoms in total. The summed E-state index contributed by atoms with van der Waals surface area (Å²) in [5.74, 6) is -0.936. The third kappa shape index (κ3) is 3.48. The number of carbonyl (C=O) groups is 2. The largest absolute Gasteiger partial charge is 0.482 e. The summed E-state index contributed by atoms with van der Waals surface area (Å²) in [6.07, 6.45) is 0.543. The zero-order chi connectivity index (χ0) is 13.8. The van der Waals surface area contributed by atoms with Gasteiger partial charge in [-0.3, -0.25) is 9.59 Å². The predicted molar refractivity (Wildman–Crippen MR) is 73.6 cm³/mol. The van der Waals surface area contributed by atoms with Crippen LogP contribution in [0.1, 0.15) is 20.0 Å². The minimum atomic E-state index is -0.662. The summed E-state index contributed by atoms with van der Waals surface area (Å²) in [7, 11) is 0. The predicted octanol–water partition coefficient (Wildman–Crippen LogP) is 3.72. The van der Waals surface area contributed by atoms with Crippen molar-refractivity contribution in [3.05, 3.63) is 50.4 Å². The molecule has 0 radical (unpaired) electrons. The van der Waals surface area contributed by atoms with Crippen molar-refractivity contribution in [1.82, 2.24) is 0 Å². The standard InChI is InChI=1S/C13H8BrFO3S/c14-13-4-3-12(19-13)10(17)7-18-11-2-1-8(6-16)5-9(11)15/h1-6H,7H2. The molecule has 0 fully saturated rings. The van der Waals surface area contributed by atoms with Crippen LogP contribution in [0.4, 0.5) is 4.39 Å². The first kappa shape index (κ1) is 13.9. The van der Waals surface area contributed by atoms with Gasteiger partial charge in [-0.1, -0.05) is 0 Å². The number of halogens is 2. The van der Waals surface area contributed by atoms with Gasteiger partial charge in [0.1, 0.15) is 6.29 Å². The number of Topliss-reactive ketones (excluding diaryl/α,β-unsaturated/α-hetero) is 1. The van der Waals surface area contributed by atoms with E-state index in [1.54, 1.807) is 12.1 Å². The highest BCUT2D eigenvalue weighted by molar-refractivity contribution is 9.11. The zero-order valence-corrected chi connectivity index (χ0v) is 12.0. The van der Waals surface area contributed by atoms with Crippen LogP contribution in [0.3, 0.4) is 0 Å². The van der Waals surface area contributed by atoms with Crippen LogP contribution in [-0.2, 0) is 0 Å². The van der Waals surface area contributed by atoms with E-state index in [4.69, 9.17) is 4.74 Å². The van der Waals surface area contributed by atoms with Gasteiger partial charge in [0.05, 0.1) is 8.66 Å². The van der Waals surface area contributed by atoms with Crippen molar-refractivity contribution < 1.29 is 18.7 Å². The van der Waals surface area contributed by atoms with E-state index >= 15 is 0 Å². The molecule has 1 aromatic carbocycles. The third-order valence-corrected chi connectivity index (χ3v) is 3.96. The number of carbonyl (C=O) groups excluding carboxylic acids is 2. The van der Waals surface area contributed by atoms with E-state index in [2.05, 4.69) is 15.9 Å². The van der Waals surface area contributed by atoms with Gasteiger partial charge in [-0.05, 0) is 46.3 Å². The maximum atomic E-state index is 13.5. The van der Waals surface area contributed by atoms with Gasteiger partial charge in [0.25, 0.3) is 0 Å². The summed E-state index contributed by atoms with van der Waals surface area (Å²) < 4.78 is 19.5. The average molecular weight is 343 g/mol. The molecular weight excluding hydrogens is 335 g/mol. The van der Waals surface area contributed by atoms with E-state index in [-0.39, 0.29) is 23.7 Å². The molecule has 0 atom stereocenters. The Labute approximate surface area is 121 Å². The Bertz CT molecular complexity index is 624. The fourth-order valence-electron chi connectivity index (χ4n) is 1.39. The molecule has 0 aliphatic rings. The van der Waals surface area contributed by atoms with Gasteiger partial charge in [-0.15, -0.1) is 11.3 Å². The number of hydrogen-bond acceptors (Lipinski definition) is 4. The van der Waals surface area contributed by atoms with E-state index in [0.717, 1.165) is 9.85 Å². The van der Waals surface area contributed by atoms with Gasteiger partial charge in [0.15, 0.2) is 18.2 Å². The second kappa shape index (κ2) is 6.08. The second-order valence-corrected chi connectivity index (χ2v) is 6.09. The van der Waals surface area contributed by atoms with E-state index in [1.165, 1.54) is 23.5 Å². The Kier molecular flexibility index (Phi) is 4.44. The average Bonchev–Trinajstić information content (AvgIpc) is 2.83. The molecular formula is C13H8BrFO3S. The molecule has 0 amide bonds. The molecule has 0 saturated carbocycles. The van der Waals surface area contributed by atoms with Crippen molar-refractivity contribution in [2.75, 3.05) is 6.61 Å². The van der Waals surface area contributed by atoms with E-state index in [9.17, 15) is 14.0 Å². The summed E-state index contributed by atoms with van der Waals surface area (Å²) in [6, 6.07) is 7.26. The minimum absolute atomic E-state index is 0.0467. The number of hydrogen-bond donors (Lipinski definition) is 0. The van der Waals surface area contributed by atoms with Crippen molar-refractivity contribution in [2.24, 2.45) is 0 Å². The molecule has 98 valence electrons. The van der Waals surface area contributed by atoms with Crippen LogP contribution in [0.25, 0.3) is 0 Å². The summed E-state index contributed by atoms with van der Waals surface area (Å²) in [5.41, 5.74) is 0.221. The molecule has 0 saturated heterocycles. The van der Waals surface area contributed by atoms with Crippen LogP contribution in [0.2, 0.25) is 0 Å². The maximum Gasteiger partial charge on any atom is 0.210 e. The lowest BCUT2D eigenvalue weighted by Crippen LogP contribution is -2.10. The lowest BCUT2D eigenvalue weighted by molar-refractivity contribution is 0.0922. The first-order valence-corrected chi connectivity index (χ1v) is 6.87. The van der Waals surface area contributed by atoms with Gasteiger partial charge in [0.2, 0.25) is 5.78 Å². The Hall–Kier alpha value is -1.53. The highest BCUT2D eigenvalue weighted by Crippen LogP contribution is 2.23. The van der Waals surface area contributed by atoms with Gasteiger partial charge >= 0.3 is 0 Å². The third-order valence-electron chi connectivity index (χ3n) is 2.30. The number of benzene rings is 1.